The number of hydrogen-bond acceptors (Lipinski definition) is 7. The lowest BCUT2D eigenvalue weighted by molar-refractivity contribution is -0.146. The van der Waals surface area contributed by atoms with Crippen LogP contribution in [0.15, 0.2) is 56.7 Å². The average Bonchev–Trinajstić information content (AvgIpc) is 3.28. The van der Waals surface area contributed by atoms with Crippen molar-refractivity contribution in [1.29, 1.82) is 0 Å². The first-order chi connectivity index (χ1) is 13.5. The zero-order valence-corrected chi connectivity index (χ0v) is 16.3. The molecule has 0 unspecified atom stereocenters. The van der Waals surface area contributed by atoms with Gasteiger partial charge in [0.1, 0.15) is 22.9 Å². The van der Waals surface area contributed by atoms with E-state index in [2.05, 4.69) is 31.0 Å². The van der Waals surface area contributed by atoms with Crippen LogP contribution in [0.4, 0.5) is 0 Å². The number of benzene rings is 1. The van der Waals surface area contributed by atoms with Crippen LogP contribution in [0.25, 0.3) is 22.4 Å². The van der Waals surface area contributed by atoms with E-state index in [0.717, 1.165) is 5.56 Å². The van der Waals surface area contributed by atoms with Gasteiger partial charge in [-0.1, -0.05) is 30.3 Å². The molecular weight excluding hydrogens is 430 g/mol. The highest BCUT2D eigenvalue weighted by molar-refractivity contribution is 9.10. The SMILES string of the molecule is Cn1nc(Br)c2c(=O)n(CC(=O)OCc3ncc(-c4ccccc4)o3)cnc21. The van der Waals surface area contributed by atoms with Gasteiger partial charge in [0.05, 0.1) is 6.20 Å². The number of oxazole rings is 1. The Morgan fingerprint density at radius 2 is 2.04 bits per heavy atom. The number of nitrogens with zero attached hydrogens (tertiary/aromatic N) is 5. The fourth-order valence-electron chi connectivity index (χ4n) is 2.69. The van der Waals surface area contributed by atoms with Crippen LogP contribution < -0.4 is 5.56 Å². The largest absolute Gasteiger partial charge is 0.454 e. The minimum atomic E-state index is -0.609. The van der Waals surface area contributed by atoms with Gasteiger partial charge in [0, 0.05) is 12.6 Å². The van der Waals surface area contributed by atoms with Crippen molar-refractivity contribution >= 4 is 32.9 Å². The van der Waals surface area contributed by atoms with Gasteiger partial charge in [0.2, 0.25) is 5.89 Å². The summed E-state index contributed by atoms with van der Waals surface area (Å²) >= 11 is 3.23. The molecule has 0 atom stereocenters. The predicted molar refractivity (Wildman–Crippen MR) is 102 cm³/mol. The van der Waals surface area contributed by atoms with Crippen molar-refractivity contribution in [2.24, 2.45) is 7.05 Å². The number of carbonyl (C=O) groups is 1. The molecule has 0 aliphatic rings. The van der Waals surface area contributed by atoms with E-state index in [1.54, 1.807) is 13.2 Å². The number of aryl methyl sites for hydroxylation is 1. The number of esters is 1. The van der Waals surface area contributed by atoms with Crippen molar-refractivity contribution in [3.05, 3.63) is 63.7 Å². The molecule has 0 radical (unpaired) electrons. The van der Waals surface area contributed by atoms with Gasteiger partial charge in [-0.2, -0.15) is 5.10 Å². The molecule has 9 nitrogen and oxygen atoms in total. The van der Waals surface area contributed by atoms with Gasteiger partial charge in [0.15, 0.2) is 18.0 Å². The summed E-state index contributed by atoms with van der Waals surface area (Å²) in [6, 6.07) is 9.47. The van der Waals surface area contributed by atoms with Crippen LogP contribution in [0, 0.1) is 0 Å². The molecule has 0 aliphatic carbocycles. The Morgan fingerprint density at radius 3 is 2.82 bits per heavy atom. The van der Waals surface area contributed by atoms with E-state index >= 15 is 0 Å². The maximum Gasteiger partial charge on any atom is 0.326 e. The maximum absolute atomic E-state index is 12.5. The highest BCUT2D eigenvalue weighted by atomic mass is 79.9. The van der Waals surface area contributed by atoms with Crippen LogP contribution in [0.1, 0.15) is 5.89 Å². The van der Waals surface area contributed by atoms with Gasteiger partial charge in [-0.15, -0.1) is 0 Å². The first kappa shape index (κ1) is 18.1. The Hall–Kier alpha value is -3.27. The predicted octanol–water partition coefficient (Wildman–Crippen LogP) is 2.29. The Labute approximate surface area is 166 Å². The van der Waals surface area contributed by atoms with Crippen molar-refractivity contribution in [3.8, 4) is 11.3 Å². The van der Waals surface area contributed by atoms with Gasteiger partial charge < -0.3 is 9.15 Å². The van der Waals surface area contributed by atoms with E-state index < -0.39 is 5.97 Å². The lowest BCUT2D eigenvalue weighted by atomic mass is 10.2. The van der Waals surface area contributed by atoms with Crippen LogP contribution in [0.3, 0.4) is 0 Å². The molecular formula is C18H14BrN5O4. The van der Waals surface area contributed by atoms with Crippen LogP contribution in [0.5, 0.6) is 0 Å². The van der Waals surface area contributed by atoms with Gasteiger partial charge in [-0.05, 0) is 15.9 Å². The zero-order valence-electron chi connectivity index (χ0n) is 14.7. The molecule has 3 aromatic heterocycles. The Kier molecular flexibility index (Phi) is 4.78. The molecule has 0 spiro atoms. The molecule has 4 aromatic rings. The van der Waals surface area contributed by atoms with E-state index in [1.807, 2.05) is 30.3 Å². The molecule has 10 heteroatoms. The lowest BCUT2D eigenvalue weighted by Gasteiger charge is -2.05. The second kappa shape index (κ2) is 7.39. The summed E-state index contributed by atoms with van der Waals surface area (Å²) in [5, 5.41) is 4.40. The summed E-state index contributed by atoms with van der Waals surface area (Å²) in [6.07, 6.45) is 2.86. The van der Waals surface area contributed by atoms with Crippen LogP contribution in [0.2, 0.25) is 0 Å². The maximum atomic E-state index is 12.5. The van der Waals surface area contributed by atoms with Crippen molar-refractivity contribution in [2.75, 3.05) is 0 Å². The number of fused-ring (bicyclic) bond motifs is 1. The lowest BCUT2D eigenvalue weighted by Crippen LogP contribution is -2.25. The number of ether oxygens (including phenoxy) is 1. The topological polar surface area (TPSA) is 105 Å². The molecule has 28 heavy (non-hydrogen) atoms. The molecule has 0 N–H and O–H groups in total. The van der Waals surface area contributed by atoms with Crippen molar-refractivity contribution in [2.45, 2.75) is 13.2 Å². The van der Waals surface area contributed by atoms with Gasteiger partial charge >= 0.3 is 5.97 Å². The number of rotatable bonds is 5. The molecule has 0 amide bonds. The fourth-order valence-corrected chi connectivity index (χ4v) is 3.27. The van der Waals surface area contributed by atoms with E-state index in [4.69, 9.17) is 9.15 Å². The van der Waals surface area contributed by atoms with E-state index in [1.165, 1.54) is 15.6 Å². The summed E-state index contributed by atoms with van der Waals surface area (Å²) in [5.74, 6) is 0.241. The van der Waals surface area contributed by atoms with Gasteiger partial charge in [-0.3, -0.25) is 14.2 Å². The molecule has 142 valence electrons. The van der Waals surface area contributed by atoms with Gasteiger partial charge in [-0.25, -0.2) is 14.6 Å². The van der Waals surface area contributed by atoms with E-state index in [-0.39, 0.29) is 24.6 Å². The average molecular weight is 444 g/mol. The van der Waals surface area contributed by atoms with Crippen molar-refractivity contribution < 1.29 is 13.9 Å². The standard InChI is InChI=1S/C18H14BrN5O4/c1-23-17-15(16(19)22-23)18(26)24(10-21-17)8-14(25)27-9-13-20-7-12(28-13)11-5-3-2-4-6-11/h2-7,10H,8-9H2,1H3. The van der Waals surface area contributed by atoms with Gasteiger partial charge in [0.25, 0.3) is 5.56 Å². The minimum absolute atomic E-state index is 0.132. The monoisotopic (exact) mass is 443 g/mol. The van der Waals surface area contributed by atoms with Crippen LogP contribution in [-0.4, -0.2) is 30.3 Å². The van der Waals surface area contributed by atoms with E-state index in [0.29, 0.717) is 21.4 Å². The quantitative estimate of drug-likeness (QED) is 0.435. The fraction of sp³-hybridized carbons (Fsp3) is 0.167. The third kappa shape index (κ3) is 3.46. The van der Waals surface area contributed by atoms with Crippen LogP contribution >= 0.6 is 15.9 Å². The normalized spacial score (nSPS) is 11.1. The Bertz CT molecular complexity index is 1210. The highest BCUT2D eigenvalue weighted by Gasteiger charge is 2.16. The summed E-state index contributed by atoms with van der Waals surface area (Å²) in [5.41, 5.74) is 0.916. The Balaban J connectivity index is 1.44. The number of halogens is 1. The van der Waals surface area contributed by atoms with Crippen molar-refractivity contribution in [3.63, 3.8) is 0 Å². The third-order valence-electron chi connectivity index (χ3n) is 4.04. The molecule has 0 saturated heterocycles. The molecule has 4 rings (SSSR count). The van der Waals surface area contributed by atoms with Crippen molar-refractivity contribution in [1.82, 2.24) is 24.3 Å². The number of hydrogen-bond donors (Lipinski definition) is 0. The summed E-state index contributed by atoms with van der Waals surface area (Å²) in [4.78, 5) is 32.9. The molecule has 0 saturated carbocycles. The summed E-state index contributed by atoms with van der Waals surface area (Å²) in [6.45, 7) is -0.415. The molecule has 0 aliphatic heterocycles. The Morgan fingerprint density at radius 1 is 1.25 bits per heavy atom. The minimum Gasteiger partial charge on any atom is -0.454 e. The molecule has 1 aromatic carbocycles. The summed E-state index contributed by atoms with van der Waals surface area (Å²) in [7, 11) is 1.68. The highest BCUT2D eigenvalue weighted by Crippen LogP contribution is 2.20. The first-order valence-corrected chi connectivity index (χ1v) is 9.05. The summed E-state index contributed by atoms with van der Waals surface area (Å²) < 4.78 is 13.8. The van der Waals surface area contributed by atoms with E-state index in [9.17, 15) is 9.59 Å². The smallest absolute Gasteiger partial charge is 0.326 e. The second-order valence-corrected chi connectivity index (χ2v) is 6.69. The second-order valence-electron chi connectivity index (χ2n) is 5.94. The van der Waals surface area contributed by atoms with Crippen LogP contribution in [-0.2, 0) is 29.7 Å². The zero-order chi connectivity index (χ0) is 19.7. The molecule has 0 bridgehead atoms. The third-order valence-corrected chi connectivity index (χ3v) is 4.59. The first-order valence-electron chi connectivity index (χ1n) is 8.26. The number of carbonyl (C=O) groups excluding carboxylic acids is 1. The number of aromatic nitrogens is 5. The molecule has 3 heterocycles. The molecule has 0 fully saturated rings.